The van der Waals surface area contributed by atoms with Crippen LogP contribution in [0.1, 0.15) is 35.4 Å². The van der Waals surface area contributed by atoms with Crippen molar-refractivity contribution in [2.24, 2.45) is 5.92 Å². The number of para-hydroxylation sites is 1. The van der Waals surface area contributed by atoms with Gasteiger partial charge in [0.2, 0.25) is 11.8 Å². The zero-order chi connectivity index (χ0) is 19.3. The third-order valence-corrected chi connectivity index (χ3v) is 5.63. The fraction of sp³-hybridized carbons (Fsp3) is 0.227. The fourth-order valence-electron chi connectivity index (χ4n) is 4.36. The van der Waals surface area contributed by atoms with Gasteiger partial charge >= 0.3 is 0 Å². The zero-order valence-electron chi connectivity index (χ0n) is 15.1. The zero-order valence-corrected chi connectivity index (χ0v) is 15.1. The van der Waals surface area contributed by atoms with Gasteiger partial charge in [-0.25, -0.2) is 9.88 Å². The highest BCUT2D eigenvalue weighted by molar-refractivity contribution is 6.24. The van der Waals surface area contributed by atoms with E-state index in [0.29, 0.717) is 23.6 Å². The number of fused-ring (bicyclic) bond motifs is 3. The molecule has 2 heterocycles. The highest BCUT2D eigenvalue weighted by atomic mass is 16.3. The van der Waals surface area contributed by atoms with Crippen molar-refractivity contribution in [3.05, 3.63) is 83.9 Å². The number of amides is 2. The molecule has 0 saturated carbocycles. The molecule has 3 atom stereocenters. The number of carbonyl (C=O) groups excluding carboxylic acids is 2. The Morgan fingerprint density at radius 2 is 1.64 bits per heavy atom. The predicted octanol–water partition coefficient (Wildman–Crippen LogP) is 2.64. The lowest BCUT2D eigenvalue weighted by molar-refractivity contribution is -0.122. The van der Waals surface area contributed by atoms with Crippen molar-refractivity contribution >= 4 is 17.5 Å². The number of nitrogens with zero attached hydrogens (tertiary/aromatic N) is 3. The summed E-state index contributed by atoms with van der Waals surface area (Å²) in [5, 5.41) is 10.6. The molecule has 1 N–H and O–H groups in total. The summed E-state index contributed by atoms with van der Waals surface area (Å²) in [6.07, 6.45) is 1.03. The molecular formula is C22H19N3O3. The number of rotatable bonds is 3. The van der Waals surface area contributed by atoms with E-state index in [1.54, 1.807) is 30.6 Å². The van der Waals surface area contributed by atoms with Crippen molar-refractivity contribution in [2.45, 2.75) is 25.0 Å². The van der Waals surface area contributed by atoms with Gasteiger partial charge in [0, 0.05) is 6.54 Å². The maximum absolute atomic E-state index is 13.3. The summed E-state index contributed by atoms with van der Waals surface area (Å²) in [6, 6.07) is 18.8. The van der Waals surface area contributed by atoms with Crippen LogP contribution < -0.4 is 4.90 Å². The molecule has 2 aromatic carbocycles. The molecule has 28 heavy (non-hydrogen) atoms. The van der Waals surface area contributed by atoms with E-state index in [4.69, 9.17) is 0 Å². The van der Waals surface area contributed by atoms with Crippen molar-refractivity contribution in [2.75, 3.05) is 4.90 Å². The van der Waals surface area contributed by atoms with Gasteiger partial charge in [0.05, 0.1) is 41.3 Å². The predicted molar refractivity (Wildman–Crippen MR) is 103 cm³/mol. The number of aliphatic hydroxyl groups is 1. The van der Waals surface area contributed by atoms with Crippen molar-refractivity contribution in [1.82, 2.24) is 9.55 Å². The van der Waals surface area contributed by atoms with Gasteiger partial charge in [0.15, 0.2) is 0 Å². The van der Waals surface area contributed by atoms with E-state index in [0.717, 1.165) is 5.56 Å². The van der Waals surface area contributed by atoms with Crippen LogP contribution >= 0.6 is 0 Å². The summed E-state index contributed by atoms with van der Waals surface area (Å²) >= 11 is 0. The van der Waals surface area contributed by atoms with Crippen LogP contribution in [-0.4, -0.2) is 26.5 Å². The minimum absolute atomic E-state index is 0.216. The Morgan fingerprint density at radius 1 is 0.964 bits per heavy atom. The van der Waals surface area contributed by atoms with Gasteiger partial charge in [-0.05, 0) is 24.1 Å². The van der Waals surface area contributed by atoms with E-state index in [1.807, 2.05) is 41.0 Å². The van der Waals surface area contributed by atoms with Crippen LogP contribution in [0, 0.1) is 5.92 Å². The Bertz CT molecular complexity index is 1050. The molecule has 1 fully saturated rings. The molecule has 1 saturated heterocycles. The smallest absolute Gasteiger partial charge is 0.243 e. The van der Waals surface area contributed by atoms with Crippen molar-refractivity contribution in [1.29, 1.82) is 0 Å². The number of hydrogen-bond acceptors (Lipinski definition) is 4. The Kier molecular flexibility index (Phi) is 3.87. The van der Waals surface area contributed by atoms with Crippen molar-refractivity contribution in [3.63, 3.8) is 0 Å². The molecular weight excluding hydrogens is 354 g/mol. The molecule has 2 unspecified atom stereocenters. The van der Waals surface area contributed by atoms with E-state index in [-0.39, 0.29) is 18.2 Å². The van der Waals surface area contributed by atoms with Crippen LogP contribution in [0.5, 0.6) is 0 Å². The number of carbonyl (C=O) groups is 2. The van der Waals surface area contributed by atoms with Gasteiger partial charge < -0.3 is 9.67 Å². The molecule has 0 bridgehead atoms. The fourth-order valence-corrected chi connectivity index (χ4v) is 4.36. The second-order valence-electron chi connectivity index (χ2n) is 7.31. The van der Waals surface area contributed by atoms with Crippen LogP contribution in [-0.2, 0) is 16.1 Å². The summed E-state index contributed by atoms with van der Waals surface area (Å²) in [5.74, 6) is -1.68. The lowest BCUT2D eigenvalue weighted by Gasteiger charge is -2.26. The second kappa shape index (κ2) is 6.42. The number of anilines is 1. The molecule has 3 aromatic rings. The Labute approximate surface area is 162 Å². The normalized spacial score (nSPS) is 23.6. The van der Waals surface area contributed by atoms with Gasteiger partial charge in [-0.1, -0.05) is 48.5 Å². The van der Waals surface area contributed by atoms with Crippen molar-refractivity contribution in [3.8, 4) is 0 Å². The topological polar surface area (TPSA) is 75.4 Å². The summed E-state index contributed by atoms with van der Waals surface area (Å²) in [5.41, 5.74) is 2.80. The lowest BCUT2D eigenvalue weighted by atomic mass is 9.80. The third-order valence-electron chi connectivity index (χ3n) is 5.63. The first kappa shape index (κ1) is 16.9. The first-order chi connectivity index (χ1) is 13.6. The van der Waals surface area contributed by atoms with Crippen LogP contribution in [0.25, 0.3) is 0 Å². The maximum Gasteiger partial charge on any atom is 0.243 e. The van der Waals surface area contributed by atoms with E-state index in [1.165, 1.54) is 4.90 Å². The van der Waals surface area contributed by atoms with Gasteiger partial charge in [0.1, 0.15) is 0 Å². The molecule has 2 aliphatic rings. The van der Waals surface area contributed by atoms with Crippen LogP contribution in [0.2, 0.25) is 0 Å². The molecule has 5 rings (SSSR count). The molecule has 1 aliphatic carbocycles. The number of hydrogen-bond donors (Lipinski definition) is 1. The largest absolute Gasteiger partial charge is 0.387 e. The average Bonchev–Trinajstić information content (AvgIpc) is 3.23. The summed E-state index contributed by atoms with van der Waals surface area (Å²) < 4.78 is 1.89. The van der Waals surface area contributed by atoms with Gasteiger partial charge in [-0.15, -0.1) is 0 Å². The van der Waals surface area contributed by atoms with Gasteiger partial charge in [-0.3, -0.25) is 9.59 Å². The lowest BCUT2D eigenvalue weighted by Crippen LogP contribution is -2.30. The van der Waals surface area contributed by atoms with E-state index in [9.17, 15) is 14.7 Å². The summed E-state index contributed by atoms with van der Waals surface area (Å²) in [4.78, 5) is 32.0. The minimum Gasteiger partial charge on any atom is -0.387 e. The second-order valence-corrected chi connectivity index (χ2v) is 7.31. The van der Waals surface area contributed by atoms with E-state index < -0.39 is 17.9 Å². The van der Waals surface area contributed by atoms with Crippen molar-refractivity contribution < 1.29 is 14.7 Å². The first-order valence-electron chi connectivity index (χ1n) is 9.35. The Morgan fingerprint density at radius 3 is 2.36 bits per heavy atom. The Balaban J connectivity index is 1.58. The molecule has 6 nitrogen and oxygen atoms in total. The number of imidazole rings is 1. The molecule has 0 spiro atoms. The summed E-state index contributed by atoms with van der Waals surface area (Å²) in [6.45, 7) is 0.534. The molecule has 0 radical (unpaired) electrons. The molecule has 1 aliphatic heterocycles. The van der Waals surface area contributed by atoms with Crippen LogP contribution in [0.3, 0.4) is 0 Å². The molecule has 2 amide bonds. The molecule has 6 heteroatoms. The number of benzene rings is 2. The highest BCUT2D eigenvalue weighted by Crippen LogP contribution is 2.47. The molecule has 140 valence electrons. The monoisotopic (exact) mass is 373 g/mol. The van der Waals surface area contributed by atoms with Gasteiger partial charge in [0.25, 0.3) is 0 Å². The van der Waals surface area contributed by atoms with Crippen LogP contribution in [0.4, 0.5) is 5.69 Å². The average molecular weight is 373 g/mol. The first-order valence-corrected chi connectivity index (χ1v) is 9.35. The van der Waals surface area contributed by atoms with Crippen LogP contribution in [0.15, 0.2) is 67.0 Å². The number of aromatic nitrogens is 2. The maximum atomic E-state index is 13.3. The molecule has 1 aromatic heterocycles. The Hall–Kier alpha value is -3.25. The SMILES string of the molecule is O=C1C2C[C@@H](O)c3ncn(Cc4ccccc4)c3C2C(=O)N1c1ccccc1. The summed E-state index contributed by atoms with van der Waals surface area (Å²) in [7, 11) is 0. The minimum atomic E-state index is -0.847. The van der Waals surface area contributed by atoms with Gasteiger partial charge in [-0.2, -0.15) is 0 Å². The van der Waals surface area contributed by atoms with E-state index >= 15 is 0 Å². The number of aliphatic hydroxyl groups excluding tert-OH is 1. The quantitative estimate of drug-likeness (QED) is 0.716. The number of imide groups is 1. The third kappa shape index (κ3) is 2.49. The van der Waals surface area contributed by atoms with E-state index in [2.05, 4.69) is 4.98 Å². The standard InChI is InChI=1S/C22H19N3O3/c26-17-11-16-18(22(28)25(21(16)27)15-9-5-2-6-10-15)20-19(17)23-13-24(20)12-14-7-3-1-4-8-14/h1-10,13,16-18,26H,11-12H2/t16?,17-,18?/m1/s1. The highest BCUT2D eigenvalue weighted by Gasteiger charge is 2.54.